The van der Waals surface area contributed by atoms with E-state index in [1.54, 1.807) is 0 Å². The van der Waals surface area contributed by atoms with Crippen LogP contribution in [0.3, 0.4) is 0 Å². The third-order valence-electron chi connectivity index (χ3n) is 4.93. The van der Waals surface area contributed by atoms with Gasteiger partial charge >= 0.3 is 0 Å². The summed E-state index contributed by atoms with van der Waals surface area (Å²) in [5, 5.41) is 0. The molecule has 0 aromatic heterocycles. The van der Waals surface area contributed by atoms with Crippen molar-refractivity contribution in [2.24, 2.45) is 23.5 Å². The van der Waals surface area contributed by atoms with Gasteiger partial charge in [0.15, 0.2) is 0 Å². The first-order chi connectivity index (χ1) is 8.28. The quantitative estimate of drug-likeness (QED) is 0.819. The van der Waals surface area contributed by atoms with Gasteiger partial charge in [0.25, 0.3) is 0 Å². The van der Waals surface area contributed by atoms with Crippen LogP contribution in [0.4, 0.5) is 0 Å². The molecule has 1 aliphatic carbocycles. The van der Waals surface area contributed by atoms with Gasteiger partial charge in [-0.2, -0.15) is 0 Å². The number of nitrogens with two attached hydrogens (primary N) is 1. The zero-order chi connectivity index (χ0) is 12.1. The molecule has 1 heterocycles. The zero-order valence-electron chi connectivity index (χ0n) is 11.5. The lowest BCUT2D eigenvalue weighted by Crippen LogP contribution is -2.33. The molecule has 2 rings (SSSR count). The van der Waals surface area contributed by atoms with Crippen LogP contribution in [0.5, 0.6) is 0 Å². The maximum absolute atomic E-state index is 5.76. The van der Waals surface area contributed by atoms with Gasteiger partial charge in [-0.3, -0.25) is 0 Å². The third kappa shape index (κ3) is 4.26. The summed E-state index contributed by atoms with van der Waals surface area (Å²) in [6.07, 6.45) is 9.88. The Kier molecular flexibility index (Phi) is 5.30. The summed E-state index contributed by atoms with van der Waals surface area (Å²) in [7, 11) is 0. The summed E-state index contributed by atoms with van der Waals surface area (Å²) in [6, 6.07) is 0. The molecule has 2 heteroatoms. The highest BCUT2D eigenvalue weighted by atomic mass is 15.1. The summed E-state index contributed by atoms with van der Waals surface area (Å²) in [6.45, 7) is 7.38. The van der Waals surface area contributed by atoms with Crippen LogP contribution >= 0.6 is 0 Å². The van der Waals surface area contributed by atoms with Gasteiger partial charge in [0.2, 0.25) is 0 Å². The van der Waals surface area contributed by atoms with Crippen molar-refractivity contribution in [3.63, 3.8) is 0 Å². The molecule has 2 fully saturated rings. The van der Waals surface area contributed by atoms with E-state index in [4.69, 9.17) is 5.73 Å². The summed E-state index contributed by atoms with van der Waals surface area (Å²) >= 11 is 0. The summed E-state index contributed by atoms with van der Waals surface area (Å²) < 4.78 is 0. The molecule has 1 saturated heterocycles. The highest BCUT2D eigenvalue weighted by molar-refractivity contribution is 4.77. The Balaban J connectivity index is 1.70. The van der Waals surface area contributed by atoms with Crippen molar-refractivity contribution < 1.29 is 0 Å². The van der Waals surface area contributed by atoms with Crippen molar-refractivity contribution in [3.05, 3.63) is 0 Å². The number of likely N-dealkylation sites (tertiary alicyclic amines) is 1. The Labute approximate surface area is 107 Å². The van der Waals surface area contributed by atoms with E-state index in [1.165, 1.54) is 64.6 Å². The van der Waals surface area contributed by atoms with Crippen LogP contribution in [0.1, 0.15) is 51.9 Å². The van der Waals surface area contributed by atoms with E-state index < -0.39 is 0 Å². The molecule has 0 radical (unpaired) electrons. The van der Waals surface area contributed by atoms with Crippen LogP contribution in [0.2, 0.25) is 0 Å². The minimum Gasteiger partial charge on any atom is -0.330 e. The first-order valence-electron chi connectivity index (χ1n) is 7.70. The second kappa shape index (κ2) is 6.75. The number of hydrogen-bond donors (Lipinski definition) is 1. The van der Waals surface area contributed by atoms with Crippen molar-refractivity contribution >= 4 is 0 Å². The molecule has 0 aromatic carbocycles. The Morgan fingerprint density at radius 2 is 1.65 bits per heavy atom. The number of nitrogens with zero attached hydrogens (tertiary/aromatic N) is 1. The van der Waals surface area contributed by atoms with Crippen molar-refractivity contribution in [1.29, 1.82) is 0 Å². The first kappa shape index (κ1) is 13.4. The van der Waals surface area contributed by atoms with Crippen molar-refractivity contribution in [3.8, 4) is 0 Å². The standard InChI is InChI=1S/C15H30N2/c1-13-3-2-9-17(10-8-13)12-15-6-4-14(11-16)5-7-15/h13-15H,2-12,16H2,1H3. The van der Waals surface area contributed by atoms with E-state index in [2.05, 4.69) is 11.8 Å². The molecule has 100 valence electrons. The van der Waals surface area contributed by atoms with Crippen LogP contribution in [0.15, 0.2) is 0 Å². The Hall–Kier alpha value is -0.0800. The predicted octanol–water partition coefficient (Wildman–Crippen LogP) is 2.87. The molecule has 0 aromatic rings. The van der Waals surface area contributed by atoms with Crippen LogP contribution in [-0.2, 0) is 0 Å². The molecular formula is C15H30N2. The van der Waals surface area contributed by atoms with E-state index in [0.717, 1.165) is 24.3 Å². The van der Waals surface area contributed by atoms with Crippen LogP contribution in [0.25, 0.3) is 0 Å². The maximum Gasteiger partial charge on any atom is 0.000966 e. The largest absolute Gasteiger partial charge is 0.330 e. The van der Waals surface area contributed by atoms with Gasteiger partial charge in [0.1, 0.15) is 0 Å². The highest BCUT2D eigenvalue weighted by Crippen LogP contribution is 2.29. The first-order valence-corrected chi connectivity index (χ1v) is 7.70. The number of rotatable bonds is 3. The van der Waals surface area contributed by atoms with E-state index in [1.807, 2.05) is 0 Å². The molecule has 0 amide bonds. The summed E-state index contributed by atoms with van der Waals surface area (Å²) in [5.74, 6) is 2.74. The van der Waals surface area contributed by atoms with Gasteiger partial charge in [0.05, 0.1) is 0 Å². The molecule has 1 unspecified atom stereocenters. The molecule has 1 aliphatic heterocycles. The average molecular weight is 238 g/mol. The topological polar surface area (TPSA) is 29.3 Å². The van der Waals surface area contributed by atoms with Crippen molar-refractivity contribution in [2.45, 2.75) is 51.9 Å². The van der Waals surface area contributed by atoms with Gasteiger partial charge in [0, 0.05) is 6.54 Å². The highest BCUT2D eigenvalue weighted by Gasteiger charge is 2.23. The molecule has 1 saturated carbocycles. The van der Waals surface area contributed by atoms with E-state index >= 15 is 0 Å². The number of hydrogen-bond acceptors (Lipinski definition) is 2. The second-order valence-corrected chi connectivity index (χ2v) is 6.46. The minimum atomic E-state index is 0.829. The maximum atomic E-state index is 5.76. The molecule has 2 N–H and O–H groups in total. The van der Waals surface area contributed by atoms with Crippen LogP contribution in [-0.4, -0.2) is 31.1 Å². The van der Waals surface area contributed by atoms with Gasteiger partial charge in [-0.05, 0) is 82.3 Å². The molecule has 2 nitrogen and oxygen atoms in total. The second-order valence-electron chi connectivity index (χ2n) is 6.46. The molecule has 0 bridgehead atoms. The Bertz CT molecular complexity index is 209. The van der Waals surface area contributed by atoms with Gasteiger partial charge < -0.3 is 10.6 Å². The normalized spacial score (nSPS) is 36.7. The van der Waals surface area contributed by atoms with E-state index in [0.29, 0.717) is 0 Å². The van der Waals surface area contributed by atoms with Crippen molar-refractivity contribution in [2.75, 3.05) is 26.2 Å². The van der Waals surface area contributed by atoms with Crippen molar-refractivity contribution in [1.82, 2.24) is 4.90 Å². The van der Waals surface area contributed by atoms with Crippen LogP contribution < -0.4 is 5.73 Å². The van der Waals surface area contributed by atoms with Gasteiger partial charge in [-0.15, -0.1) is 0 Å². The molecule has 1 atom stereocenters. The monoisotopic (exact) mass is 238 g/mol. The zero-order valence-corrected chi connectivity index (χ0v) is 11.5. The minimum absolute atomic E-state index is 0.829. The third-order valence-corrected chi connectivity index (χ3v) is 4.93. The van der Waals surface area contributed by atoms with E-state index in [9.17, 15) is 0 Å². The fourth-order valence-electron chi connectivity index (χ4n) is 3.52. The van der Waals surface area contributed by atoms with Crippen LogP contribution in [0, 0.1) is 17.8 Å². The molecular weight excluding hydrogens is 208 g/mol. The smallest absolute Gasteiger partial charge is 0.000966 e. The van der Waals surface area contributed by atoms with Gasteiger partial charge in [-0.1, -0.05) is 6.92 Å². The molecule has 2 aliphatic rings. The average Bonchev–Trinajstić information content (AvgIpc) is 2.56. The van der Waals surface area contributed by atoms with E-state index in [-0.39, 0.29) is 0 Å². The fraction of sp³-hybridized carbons (Fsp3) is 1.00. The lowest BCUT2D eigenvalue weighted by molar-refractivity contribution is 0.185. The molecule has 0 spiro atoms. The summed E-state index contributed by atoms with van der Waals surface area (Å²) in [5.41, 5.74) is 5.76. The lowest BCUT2D eigenvalue weighted by atomic mass is 9.82. The SMILES string of the molecule is CC1CCCN(CC2CCC(CN)CC2)CC1. The Morgan fingerprint density at radius 3 is 2.35 bits per heavy atom. The molecule has 17 heavy (non-hydrogen) atoms. The van der Waals surface area contributed by atoms with Gasteiger partial charge in [-0.25, -0.2) is 0 Å². The fourth-order valence-corrected chi connectivity index (χ4v) is 3.52. The lowest BCUT2D eigenvalue weighted by Gasteiger charge is -2.32. The summed E-state index contributed by atoms with van der Waals surface area (Å²) in [4.78, 5) is 2.73. The predicted molar refractivity (Wildman–Crippen MR) is 74.0 cm³/mol. The Morgan fingerprint density at radius 1 is 0.941 bits per heavy atom.